The van der Waals surface area contributed by atoms with Gasteiger partial charge in [-0.25, -0.2) is 4.79 Å². The molecular weight excluding hydrogens is 386 g/mol. The number of nitrogens with one attached hydrogen (secondary N) is 1. The van der Waals surface area contributed by atoms with E-state index in [1.807, 2.05) is 19.1 Å². The normalized spacial score (nSPS) is 11.7. The van der Waals surface area contributed by atoms with Gasteiger partial charge in [-0.15, -0.1) is 0 Å². The Labute approximate surface area is 173 Å². The van der Waals surface area contributed by atoms with Crippen molar-refractivity contribution in [3.8, 4) is 0 Å². The van der Waals surface area contributed by atoms with Crippen molar-refractivity contribution in [3.63, 3.8) is 0 Å². The summed E-state index contributed by atoms with van der Waals surface area (Å²) < 4.78 is 5.41. The molecule has 8 heteroatoms. The minimum absolute atomic E-state index is 0.0363. The first-order valence-corrected chi connectivity index (χ1v) is 9.47. The number of hydrogen-bond donors (Lipinski definition) is 1. The first-order chi connectivity index (χ1) is 14.3. The zero-order valence-corrected chi connectivity index (χ0v) is 16.8. The Bertz CT molecular complexity index is 1140. The van der Waals surface area contributed by atoms with Gasteiger partial charge in [-0.1, -0.05) is 37.3 Å². The largest absolute Gasteiger partial charge is 0.449 e. The maximum Gasteiger partial charge on any atom is 0.339 e. The fourth-order valence-electron chi connectivity index (χ4n) is 3.21. The molecule has 2 aromatic carbocycles. The van der Waals surface area contributed by atoms with Gasteiger partial charge < -0.3 is 10.1 Å². The van der Waals surface area contributed by atoms with Gasteiger partial charge in [0.1, 0.15) is 5.69 Å². The summed E-state index contributed by atoms with van der Waals surface area (Å²) in [5.74, 6) is -1.31. The highest BCUT2D eigenvalue weighted by Crippen LogP contribution is 2.26. The lowest BCUT2D eigenvalue weighted by atomic mass is 10.0. The molecule has 3 rings (SSSR count). The Morgan fingerprint density at radius 3 is 2.53 bits per heavy atom. The van der Waals surface area contributed by atoms with Gasteiger partial charge in [0.25, 0.3) is 11.6 Å². The minimum atomic E-state index is -1.16. The first-order valence-electron chi connectivity index (χ1n) is 9.47. The average molecular weight is 407 g/mol. The molecule has 30 heavy (non-hydrogen) atoms. The number of anilines is 1. The fourth-order valence-corrected chi connectivity index (χ4v) is 3.21. The van der Waals surface area contributed by atoms with Crippen LogP contribution in [0.3, 0.4) is 0 Å². The summed E-state index contributed by atoms with van der Waals surface area (Å²) >= 11 is 0. The van der Waals surface area contributed by atoms with Crippen molar-refractivity contribution in [2.24, 2.45) is 0 Å². The van der Waals surface area contributed by atoms with Crippen LogP contribution < -0.4 is 5.32 Å². The van der Waals surface area contributed by atoms with Crippen LogP contribution in [0.25, 0.3) is 10.9 Å². The number of nitro groups is 1. The molecule has 1 heterocycles. The molecule has 0 fully saturated rings. The predicted octanol–water partition coefficient (Wildman–Crippen LogP) is 4.20. The molecule has 154 valence electrons. The number of rotatable bonds is 6. The molecule has 1 N–H and O–H groups in total. The number of aromatic nitrogens is 1. The van der Waals surface area contributed by atoms with E-state index in [2.05, 4.69) is 10.3 Å². The van der Waals surface area contributed by atoms with E-state index in [-0.39, 0.29) is 11.4 Å². The second-order valence-corrected chi connectivity index (χ2v) is 6.74. The van der Waals surface area contributed by atoms with E-state index >= 15 is 0 Å². The van der Waals surface area contributed by atoms with E-state index in [0.717, 1.165) is 5.69 Å². The maximum absolute atomic E-state index is 13.0. The number of hydrogen-bond acceptors (Lipinski definition) is 6. The Morgan fingerprint density at radius 2 is 1.83 bits per heavy atom. The van der Waals surface area contributed by atoms with Crippen molar-refractivity contribution in [2.45, 2.75) is 33.3 Å². The summed E-state index contributed by atoms with van der Waals surface area (Å²) in [4.78, 5) is 40.6. The zero-order chi connectivity index (χ0) is 21.8. The molecule has 0 aliphatic heterocycles. The van der Waals surface area contributed by atoms with Gasteiger partial charge in [0.15, 0.2) is 6.10 Å². The molecule has 0 unspecified atom stereocenters. The number of para-hydroxylation sites is 3. The van der Waals surface area contributed by atoms with Crippen LogP contribution in [0.4, 0.5) is 11.4 Å². The predicted molar refractivity (Wildman–Crippen MR) is 112 cm³/mol. The van der Waals surface area contributed by atoms with Crippen LogP contribution >= 0.6 is 0 Å². The number of fused-ring (bicyclic) bond motifs is 1. The molecule has 0 radical (unpaired) electrons. The number of ether oxygens (including phenoxy) is 1. The van der Waals surface area contributed by atoms with Crippen LogP contribution in [0.1, 0.15) is 35.5 Å². The van der Waals surface area contributed by atoms with Crippen molar-refractivity contribution in [1.29, 1.82) is 0 Å². The lowest BCUT2D eigenvalue weighted by molar-refractivity contribution is -0.383. The summed E-state index contributed by atoms with van der Waals surface area (Å²) in [6, 6.07) is 13.0. The number of aryl methyl sites for hydroxylation is 1. The van der Waals surface area contributed by atoms with Crippen LogP contribution in [0.2, 0.25) is 0 Å². The topological polar surface area (TPSA) is 111 Å². The van der Waals surface area contributed by atoms with Crippen molar-refractivity contribution in [2.75, 3.05) is 5.32 Å². The number of amides is 1. The zero-order valence-electron chi connectivity index (χ0n) is 16.8. The third-order valence-electron chi connectivity index (χ3n) is 4.79. The number of pyridine rings is 1. The molecular formula is C22H21N3O5. The van der Waals surface area contributed by atoms with Gasteiger partial charge in [0.05, 0.1) is 16.0 Å². The van der Waals surface area contributed by atoms with E-state index in [9.17, 15) is 19.7 Å². The number of nitro benzene ring substituents is 1. The highest BCUT2D eigenvalue weighted by molar-refractivity contribution is 6.06. The van der Waals surface area contributed by atoms with Crippen molar-refractivity contribution >= 4 is 34.2 Å². The molecule has 0 spiro atoms. The fraction of sp³-hybridized carbons (Fsp3) is 0.227. The van der Waals surface area contributed by atoms with Gasteiger partial charge in [-0.3, -0.25) is 19.9 Å². The number of carbonyl (C=O) groups excluding carboxylic acids is 2. The van der Waals surface area contributed by atoms with E-state index in [0.29, 0.717) is 28.5 Å². The van der Waals surface area contributed by atoms with E-state index in [4.69, 9.17) is 4.74 Å². The Hall–Kier alpha value is -3.81. The number of benzene rings is 2. The molecule has 0 aliphatic carbocycles. The Morgan fingerprint density at radius 1 is 1.17 bits per heavy atom. The van der Waals surface area contributed by atoms with Crippen LogP contribution in [0.15, 0.2) is 48.5 Å². The van der Waals surface area contributed by atoms with Gasteiger partial charge in [-0.05, 0) is 38.0 Å². The second kappa shape index (κ2) is 8.69. The van der Waals surface area contributed by atoms with Gasteiger partial charge in [0.2, 0.25) is 0 Å². The van der Waals surface area contributed by atoms with Gasteiger partial charge >= 0.3 is 5.97 Å². The Kier molecular flexibility index (Phi) is 6.06. The van der Waals surface area contributed by atoms with E-state index in [1.165, 1.54) is 25.1 Å². The van der Waals surface area contributed by atoms with E-state index in [1.54, 1.807) is 25.1 Å². The van der Waals surface area contributed by atoms with Crippen molar-refractivity contribution in [1.82, 2.24) is 4.98 Å². The molecule has 0 saturated carbocycles. The molecule has 8 nitrogen and oxygen atoms in total. The van der Waals surface area contributed by atoms with Crippen LogP contribution in [-0.2, 0) is 16.0 Å². The van der Waals surface area contributed by atoms with Crippen LogP contribution in [0.5, 0.6) is 0 Å². The second-order valence-electron chi connectivity index (χ2n) is 6.74. The Balaban J connectivity index is 1.85. The highest BCUT2D eigenvalue weighted by atomic mass is 16.6. The molecule has 1 atom stereocenters. The maximum atomic E-state index is 13.0. The quantitative estimate of drug-likeness (QED) is 0.372. The van der Waals surface area contributed by atoms with Gasteiger partial charge in [-0.2, -0.15) is 0 Å². The summed E-state index contributed by atoms with van der Waals surface area (Å²) in [7, 11) is 0. The first kappa shape index (κ1) is 20.9. The lowest BCUT2D eigenvalue weighted by Gasteiger charge is -2.17. The lowest BCUT2D eigenvalue weighted by Crippen LogP contribution is -2.30. The minimum Gasteiger partial charge on any atom is -0.449 e. The highest BCUT2D eigenvalue weighted by Gasteiger charge is 2.25. The third kappa shape index (κ3) is 4.12. The SMILES string of the molecule is CCc1nc2ccccc2c(C(=O)O[C@@H](C)C(=O)Nc2ccccc2[N+](=O)[O-])c1C. The summed E-state index contributed by atoms with van der Waals surface area (Å²) in [6.45, 7) is 5.16. The standard InChI is InChI=1S/C22H21N3O5/c1-4-16-13(2)20(15-9-5-6-10-17(15)23-16)22(27)30-14(3)21(26)24-18-11-7-8-12-19(18)25(28)29/h5-12,14H,4H2,1-3H3,(H,24,26)/t14-/m0/s1. The monoisotopic (exact) mass is 407 g/mol. The molecule has 0 bridgehead atoms. The summed E-state index contributed by atoms with van der Waals surface area (Å²) in [5, 5.41) is 14.2. The molecule has 0 aliphatic rings. The number of carbonyl (C=O) groups is 2. The number of esters is 1. The molecule has 3 aromatic rings. The molecule has 1 aromatic heterocycles. The molecule has 0 saturated heterocycles. The summed E-state index contributed by atoms with van der Waals surface area (Å²) in [6.07, 6.45) is -0.515. The van der Waals surface area contributed by atoms with Crippen molar-refractivity contribution < 1.29 is 19.2 Å². The average Bonchev–Trinajstić information content (AvgIpc) is 2.73. The van der Waals surface area contributed by atoms with Crippen molar-refractivity contribution in [3.05, 3.63) is 75.5 Å². The third-order valence-corrected chi connectivity index (χ3v) is 4.79. The van der Waals surface area contributed by atoms with Gasteiger partial charge in [0, 0.05) is 17.1 Å². The number of nitrogens with zero attached hydrogens (tertiary/aromatic N) is 2. The molecule has 1 amide bonds. The van der Waals surface area contributed by atoms with Crippen LogP contribution in [0, 0.1) is 17.0 Å². The van der Waals surface area contributed by atoms with E-state index < -0.39 is 22.9 Å². The summed E-state index contributed by atoms with van der Waals surface area (Å²) in [5.41, 5.74) is 2.30. The smallest absolute Gasteiger partial charge is 0.339 e. The van der Waals surface area contributed by atoms with Crippen LogP contribution in [-0.4, -0.2) is 27.9 Å².